The van der Waals surface area contributed by atoms with Crippen molar-refractivity contribution in [2.45, 2.75) is 6.92 Å². The molecule has 0 atom stereocenters. The standard InChI is InChI=1S/C20H23N3O5/c1-13-5-7-14(8-6-13)20(25)21-12-17(24)23-22-11-15-9-10-16(26-2)19(28-4)18(15)27-3/h5-11H,12H2,1-4H3,(H,21,25)(H,23,24)/b22-11-. The van der Waals surface area contributed by atoms with Gasteiger partial charge in [-0.15, -0.1) is 0 Å². The number of nitrogens with zero attached hydrogens (tertiary/aromatic N) is 1. The van der Waals surface area contributed by atoms with Crippen LogP contribution in [0.25, 0.3) is 0 Å². The minimum absolute atomic E-state index is 0.201. The number of hydrogen-bond acceptors (Lipinski definition) is 6. The van der Waals surface area contributed by atoms with Crippen LogP contribution in [-0.2, 0) is 4.79 Å². The van der Waals surface area contributed by atoms with E-state index in [1.807, 2.05) is 19.1 Å². The maximum absolute atomic E-state index is 12.0. The number of aryl methyl sites for hydroxylation is 1. The lowest BCUT2D eigenvalue weighted by Gasteiger charge is -2.13. The van der Waals surface area contributed by atoms with Crippen LogP contribution in [0.15, 0.2) is 41.5 Å². The van der Waals surface area contributed by atoms with Gasteiger partial charge in [-0.3, -0.25) is 9.59 Å². The number of ether oxygens (including phenoxy) is 3. The first kappa shape index (κ1) is 20.8. The lowest BCUT2D eigenvalue weighted by atomic mass is 10.1. The van der Waals surface area contributed by atoms with Gasteiger partial charge < -0.3 is 19.5 Å². The maximum atomic E-state index is 12.0. The van der Waals surface area contributed by atoms with Crippen LogP contribution >= 0.6 is 0 Å². The number of nitrogens with one attached hydrogen (secondary N) is 2. The Labute approximate surface area is 163 Å². The third-order valence-corrected chi connectivity index (χ3v) is 3.85. The summed E-state index contributed by atoms with van der Waals surface area (Å²) >= 11 is 0. The molecule has 0 saturated carbocycles. The molecule has 8 heteroatoms. The summed E-state index contributed by atoms with van der Waals surface area (Å²) in [6.07, 6.45) is 1.42. The van der Waals surface area contributed by atoms with Crippen molar-refractivity contribution < 1.29 is 23.8 Å². The van der Waals surface area contributed by atoms with Gasteiger partial charge in [0.25, 0.3) is 11.8 Å². The Morgan fingerprint density at radius 1 is 0.964 bits per heavy atom. The van der Waals surface area contributed by atoms with Crippen molar-refractivity contribution in [3.05, 3.63) is 53.1 Å². The van der Waals surface area contributed by atoms with Crippen molar-refractivity contribution in [3.8, 4) is 17.2 Å². The molecule has 28 heavy (non-hydrogen) atoms. The molecule has 0 heterocycles. The monoisotopic (exact) mass is 385 g/mol. The van der Waals surface area contributed by atoms with Crippen molar-refractivity contribution in [2.24, 2.45) is 5.10 Å². The van der Waals surface area contributed by atoms with Gasteiger partial charge in [0.15, 0.2) is 11.5 Å². The maximum Gasteiger partial charge on any atom is 0.259 e. The van der Waals surface area contributed by atoms with E-state index in [9.17, 15) is 9.59 Å². The van der Waals surface area contributed by atoms with E-state index in [0.29, 0.717) is 28.4 Å². The largest absolute Gasteiger partial charge is 0.493 e. The van der Waals surface area contributed by atoms with Gasteiger partial charge in [-0.25, -0.2) is 5.43 Å². The Morgan fingerprint density at radius 3 is 2.25 bits per heavy atom. The fourth-order valence-corrected chi connectivity index (χ4v) is 2.41. The Bertz CT molecular complexity index is 863. The first-order valence-corrected chi connectivity index (χ1v) is 8.46. The third kappa shape index (κ3) is 5.23. The fourth-order valence-electron chi connectivity index (χ4n) is 2.41. The summed E-state index contributed by atoms with van der Waals surface area (Å²) in [7, 11) is 4.52. The van der Waals surface area contributed by atoms with Crippen LogP contribution in [0, 0.1) is 6.92 Å². The average Bonchev–Trinajstić information content (AvgIpc) is 2.71. The first-order chi connectivity index (χ1) is 13.5. The molecule has 2 aromatic carbocycles. The Kier molecular flexibility index (Phi) is 7.38. The van der Waals surface area contributed by atoms with Gasteiger partial charge in [0.05, 0.1) is 34.1 Å². The zero-order chi connectivity index (χ0) is 20.5. The number of benzene rings is 2. The van der Waals surface area contributed by atoms with Gasteiger partial charge in [-0.1, -0.05) is 17.7 Å². The second-order valence-electron chi connectivity index (χ2n) is 5.77. The van der Waals surface area contributed by atoms with Crippen LogP contribution < -0.4 is 25.0 Å². The topological polar surface area (TPSA) is 98.2 Å². The van der Waals surface area contributed by atoms with Gasteiger partial charge in [0, 0.05) is 11.1 Å². The molecule has 0 saturated heterocycles. The molecule has 2 rings (SSSR count). The van der Waals surface area contributed by atoms with Crippen LogP contribution in [0.5, 0.6) is 17.2 Å². The summed E-state index contributed by atoms with van der Waals surface area (Å²) in [5.74, 6) is 0.564. The molecule has 0 bridgehead atoms. The summed E-state index contributed by atoms with van der Waals surface area (Å²) in [5.41, 5.74) is 4.47. The summed E-state index contributed by atoms with van der Waals surface area (Å²) in [4.78, 5) is 23.9. The molecule has 0 spiro atoms. The van der Waals surface area contributed by atoms with E-state index in [2.05, 4.69) is 15.8 Å². The van der Waals surface area contributed by atoms with Crippen LogP contribution in [0.4, 0.5) is 0 Å². The second-order valence-corrected chi connectivity index (χ2v) is 5.77. The van der Waals surface area contributed by atoms with Crippen molar-refractivity contribution >= 4 is 18.0 Å². The molecule has 148 valence electrons. The minimum Gasteiger partial charge on any atom is -0.493 e. The van der Waals surface area contributed by atoms with E-state index in [4.69, 9.17) is 14.2 Å². The van der Waals surface area contributed by atoms with Crippen molar-refractivity contribution in [2.75, 3.05) is 27.9 Å². The predicted octanol–water partition coefficient (Wildman–Crippen LogP) is 1.90. The average molecular weight is 385 g/mol. The SMILES string of the molecule is COc1ccc(/C=N\NC(=O)CNC(=O)c2ccc(C)cc2)c(OC)c1OC. The highest BCUT2D eigenvalue weighted by Crippen LogP contribution is 2.38. The summed E-state index contributed by atoms with van der Waals surface area (Å²) < 4.78 is 15.8. The lowest BCUT2D eigenvalue weighted by molar-refractivity contribution is -0.120. The van der Waals surface area contributed by atoms with E-state index in [1.165, 1.54) is 27.5 Å². The van der Waals surface area contributed by atoms with Gasteiger partial charge in [0.2, 0.25) is 5.75 Å². The summed E-state index contributed by atoms with van der Waals surface area (Å²) in [6.45, 7) is 1.73. The van der Waals surface area contributed by atoms with Crippen molar-refractivity contribution in [1.29, 1.82) is 0 Å². The molecular formula is C20H23N3O5. The lowest BCUT2D eigenvalue weighted by Crippen LogP contribution is -2.34. The predicted molar refractivity (Wildman–Crippen MR) is 105 cm³/mol. The molecule has 0 fully saturated rings. The molecular weight excluding hydrogens is 362 g/mol. The molecule has 0 aromatic heterocycles. The second kappa shape index (κ2) is 9.96. The van der Waals surface area contributed by atoms with Crippen LogP contribution in [0.2, 0.25) is 0 Å². The fraction of sp³-hybridized carbons (Fsp3) is 0.250. The van der Waals surface area contributed by atoms with E-state index in [-0.39, 0.29) is 12.5 Å². The van der Waals surface area contributed by atoms with Crippen molar-refractivity contribution in [1.82, 2.24) is 10.7 Å². The Hall–Kier alpha value is -3.55. The van der Waals surface area contributed by atoms with Gasteiger partial charge in [-0.05, 0) is 31.2 Å². The summed E-state index contributed by atoms with van der Waals surface area (Å²) in [6, 6.07) is 10.5. The van der Waals surface area contributed by atoms with Crippen molar-refractivity contribution in [3.63, 3.8) is 0 Å². The number of methoxy groups -OCH3 is 3. The third-order valence-electron chi connectivity index (χ3n) is 3.85. The summed E-state index contributed by atoms with van der Waals surface area (Å²) in [5, 5.41) is 6.43. The number of carbonyl (C=O) groups is 2. The molecule has 8 nitrogen and oxygen atoms in total. The van der Waals surface area contributed by atoms with Gasteiger partial charge in [-0.2, -0.15) is 5.10 Å². The van der Waals surface area contributed by atoms with E-state index < -0.39 is 5.91 Å². The van der Waals surface area contributed by atoms with Crippen LogP contribution in [0.3, 0.4) is 0 Å². The molecule has 0 aliphatic heterocycles. The van der Waals surface area contributed by atoms with Crippen LogP contribution in [0.1, 0.15) is 21.5 Å². The van der Waals surface area contributed by atoms with E-state index >= 15 is 0 Å². The number of carbonyl (C=O) groups excluding carboxylic acids is 2. The number of rotatable bonds is 8. The normalized spacial score (nSPS) is 10.4. The smallest absolute Gasteiger partial charge is 0.259 e. The highest BCUT2D eigenvalue weighted by atomic mass is 16.5. The molecule has 2 amide bonds. The zero-order valence-electron chi connectivity index (χ0n) is 16.2. The zero-order valence-corrected chi connectivity index (χ0v) is 16.2. The molecule has 0 unspecified atom stereocenters. The Morgan fingerprint density at radius 2 is 1.64 bits per heavy atom. The van der Waals surface area contributed by atoms with E-state index in [1.54, 1.807) is 24.3 Å². The molecule has 2 N–H and O–H groups in total. The number of hydrazone groups is 1. The number of hydrogen-bond donors (Lipinski definition) is 2. The highest BCUT2D eigenvalue weighted by molar-refractivity contribution is 5.96. The van der Waals surface area contributed by atoms with Gasteiger partial charge >= 0.3 is 0 Å². The van der Waals surface area contributed by atoms with Gasteiger partial charge in [0.1, 0.15) is 0 Å². The molecule has 0 aliphatic carbocycles. The molecule has 0 aliphatic rings. The Balaban J connectivity index is 1.94. The van der Waals surface area contributed by atoms with Crippen LogP contribution in [-0.4, -0.2) is 45.9 Å². The highest BCUT2D eigenvalue weighted by Gasteiger charge is 2.14. The quantitative estimate of drug-likeness (QED) is 0.534. The number of amides is 2. The molecule has 2 aromatic rings. The first-order valence-electron chi connectivity index (χ1n) is 8.46. The minimum atomic E-state index is -0.462. The van der Waals surface area contributed by atoms with E-state index in [0.717, 1.165) is 5.56 Å². The molecule has 0 radical (unpaired) electrons.